The van der Waals surface area contributed by atoms with Crippen molar-refractivity contribution in [3.8, 4) is 11.5 Å². The zero-order valence-electron chi connectivity index (χ0n) is 15.3. The Hall–Kier alpha value is -3.42. The molecule has 0 aliphatic carbocycles. The molecular formula is C19H20N2O6. The largest absolute Gasteiger partial charge is 0.496 e. The smallest absolute Gasteiger partial charge is 0.273 e. The third kappa shape index (κ3) is 5.04. The van der Waals surface area contributed by atoms with Crippen LogP contribution in [-0.4, -0.2) is 30.8 Å². The van der Waals surface area contributed by atoms with E-state index in [-0.39, 0.29) is 30.1 Å². The molecule has 0 aliphatic heterocycles. The van der Waals surface area contributed by atoms with Crippen LogP contribution in [-0.2, 0) is 4.79 Å². The number of nitro benzene ring substituents is 1. The average molecular weight is 372 g/mol. The van der Waals surface area contributed by atoms with Crippen LogP contribution in [0, 0.1) is 17.0 Å². The van der Waals surface area contributed by atoms with Crippen LogP contribution in [0.25, 0.3) is 0 Å². The summed E-state index contributed by atoms with van der Waals surface area (Å²) in [6.45, 7) is 1.86. The highest BCUT2D eigenvalue weighted by atomic mass is 16.6. The van der Waals surface area contributed by atoms with Gasteiger partial charge in [-0.2, -0.15) is 0 Å². The fourth-order valence-electron chi connectivity index (χ4n) is 2.51. The van der Waals surface area contributed by atoms with Gasteiger partial charge in [-0.3, -0.25) is 19.7 Å². The maximum absolute atomic E-state index is 12.4. The van der Waals surface area contributed by atoms with Gasteiger partial charge in [-0.25, -0.2) is 0 Å². The van der Waals surface area contributed by atoms with Crippen molar-refractivity contribution in [3.05, 3.63) is 57.6 Å². The maximum Gasteiger partial charge on any atom is 0.273 e. The Bertz CT molecular complexity index is 878. The minimum absolute atomic E-state index is 0.000936. The molecule has 2 aromatic carbocycles. The third-order valence-electron chi connectivity index (χ3n) is 3.90. The summed E-state index contributed by atoms with van der Waals surface area (Å²) in [5.74, 6) is 0.0239. The van der Waals surface area contributed by atoms with E-state index in [1.807, 2.05) is 13.0 Å². The molecule has 1 N–H and O–H groups in total. The molecule has 0 heterocycles. The lowest BCUT2D eigenvalue weighted by Crippen LogP contribution is -2.14. The van der Waals surface area contributed by atoms with Gasteiger partial charge in [0.15, 0.2) is 5.78 Å². The predicted molar refractivity (Wildman–Crippen MR) is 99.6 cm³/mol. The van der Waals surface area contributed by atoms with Gasteiger partial charge >= 0.3 is 0 Å². The molecule has 0 radical (unpaired) electrons. The lowest BCUT2D eigenvalue weighted by Gasteiger charge is -2.11. The molecule has 8 heteroatoms. The molecule has 0 saturated carbocycles. The van der Waals surface area contributed by atoms with Gasteiger partial charge in [-0.15, -0.1) is 0 Å². The van der Waals surface area contributed by atoms with Crippen LogP contribution >= 0.6 is 0 Å². The lowest BCUT2D eigenvalue weighted by atomic mass is 10.0. The number of hydrogen-bond donors (Lipinski definition) is 1. The van der Waals surface area contributed by atoms with Gasteiger partial charge in [0, 0.05) is 18.9 Å². The Morgan fingerprint density at radius 3 is 2.37 bits per heavy atom. The molecule has 0 saturated heterocycles. The number of rotatable bonds is 8. The SMILES string of the molecule is COc1cc([N+](=O)[O-])ccc1NC(=O)CCC(=O)c1cc(C)ccc1OC. The second kappa shape index (κ2) is 8.79. The van der Waals surface area contributed by atoms with Crippen LogP contribution in [0.1, 0.15) is 28.8 Å². The van der Waals surface area contributed by atoms with Crippen molar-refractivity contribution in [3.63, 3.8) is 0 Å². The highest BCUT2D eigenvalue weighted by molar-refractivity contribution is 6.02. The highest BCUT2D eigenvalue weighted by Crippen LogP contribution is 2.29. The summed E-state index contributed by atoms with van der Waals surface area (Å²) in [5, 5.41) is 13.4. The van der Waals surface area contributed by atoms with E-state index in [0.29, 0.717) is 17.0 Å². The van der Waals surface area contributed by atoms with Crippen molar-refractivity contribution in [2.24, 2.45) is 0 Å². The number of benzene rings is 2. The number of nitro groups is 1. The first-order valence-corrected chi connectivity index (χ1v) is 8.15. The van der Waals surface area contributed by atoms with E-state index in [0.717, 1.165) is 5.56 Å². The van der Waals surface area contributed by atoms with Gasteiger partial charge < -0.3 is 14.8 Å². The summed E-state index contributed by atoms with van der Waals surface area (Å²) in [4.78, 5) is 34.8. The summed E-state index contributed by atoms with van der Waals surface area (Å²) < 4.78 is 10.3. The number of hydrogen-bond acceptors (Lipinski definition) is 6. The summed E-state index contributed by atoms with van der Waals surface area (Å²) in [5.41, 5.74) is 1.50. The van der Waals surface area contributed by atoms with Gasteiger partial charge in [-0.1, -0.05) is 11.6 Å². The van der Waals surface area contributed by atoms with E-state index in [1.165, 1.54) is 32.4 Å². The molecule has 0 fully saturated rings. The van der Waals surface area contributed by atoms with Crippen LogP contribution in [0.5, 0.6) is 11.5 Å². The van der Waals surface area contributed by atoms with E-state index >= 15 is 0 Å². The Kier molecular flexibility index (Phi) is 6.48. The van der Waals surface area contributed by atoms with Crippen LogP contribution in [0.4, 0.5) is 11.4 Å². The second-order valence-electron chi connectivity index (χ2n) is 5.82. The molecule has 0 spiro atoms. The average Bonchev–Trinajstić information content (AvgIpc) is 2.66. The number of anilines is 1. The summed E-state index contributed by atoms with van der Waals surface area (Å²) in [6, 6.07) is 9.14. The number of aryl methyl sites for hydroxylation is 1. The number of nitrogens with one attached hydrogen (secondary N) is 1. The van der Waals surface area contributed by atoms with E-state index in [1.54, 1.807) is 12.1 Å². The monoisotopic (exact) mass is 372 g/mol. The fraction of sp³-hybridized carbons (Fsp3) is 0.263. The Balaban J connectivity index is 2.03. The number of carbonyl (C=O) groups is 2. The van der Waals surface area contributed by atoms with Crippen LogP contribution in [0.3, 0.4) is 0 Å². The van der Waals surface area contributed by atoms with Crippen molar-refractivity contribution in [1.82, 2.24) is 0 Å². The van der Waals surface area contributed by atoms with Crippen LogP contribution in [0.15, 0.2) is 36.4 Å². The van der Waals surface area contributed by atoms with Crippen molar-refractivity contribution < 1.29 is 24.0 Å². The number of carbonyl (C=O) groups excluding carboxylic acids is 2. The third-order valence-corrected chi connectivity index (χ3v) is 3.90. The van der Waals surface area contributed by atoms with E-state index in [9.17, 15) is 19.7 Å². The summed E-state index contributed by atoms with van der Waals surface area (Å²) in [7, 11) is 2.83. The molecule has 0 aliphatic rings. The van der Waals surface area contributed by atoms with E-state index < -0.39 is 10.8 Å². The molecule has 0 aromatic heterocycles. The summed E-state index contributed by atoms with van der Waals surface area (Å²) in [6.07, 6.45) is -0.0446. The van der Waals surface area contributed by atoms with Gasteiger partial charge in [0.1, 0.15) is 11.5 Å². The number of Topliss-reactive ketones (excluding diaryl/α,β-unsaturated/α-hetero) is 1. The predicted octanol–water partition coefficient (Wildman–Crippen LogP) is 3.52. The molecule has 0 bridgehead atoms. The van der Waals surface area contributed by atoms with Crippen LogP contribution in [0.2, 0.25) is 0 Å². The van der Waals surface area contributed by atoms with Gasteiger partial charge in [-0.05, 0) is 25.1 Å². The number of ketones is 1. The first-order chi connectivity index (χ1) is 12.8. The molecule has 2 aromatic rings. The zero-order valence-corrected chi connectivity index (χ0v) is 15.3. The highest BCUT2D eigenvalue weighted by Gasteiger charge is 2.16. The fourth-order valence-corrected chi connectivity index (χ4v) is 2.51. The topological polar surface area (TPSA) is 108 Å². The maximum atomic E-state index is 12.4. The molecule has 1 amide bonds. The Morgan fingerprint density at radius 2 is 1.74 bits per heavy atom. The number of non-ortho nitro benzene ring substituents is 1. The van der Waals surface area contributed by atoms with Crippen LogP contribution < -0.4 is 14.8 Å². The standard InChI is InChI=1S/C19H20N2O6/c1-12-4-8-17(26-2)14(10-12)16(22)7-9-19(23)20-15-6-5-13(21(24)25)11-18(15)27-3/h4-6,8,10-11H,7,9H2,1-3H3,(H,20,23). The number of methoxy groups -OCH3 is 2. The van der Waals surface area contributed by atoms with Gasteiger partial charge in [0.05, 0.1) is 36.5 Å². The Labute approximate surface area is 156 Å². The second-order valence-corrected chi connectivity index (χ2v) is 5.82. The van der Waals surface area contributed by atoms with Crippen molar-refractivity contribution in [2.75, 3.05) is 19.5 Å². The minimum atomic E-state index is -0.554. The molecule has 142 valence electrons. The molecule has 8 nitrogen and oxygen atoms in total. The number of amides is 1. The lowest BCUT2D eigenvalue weighted by molar-refractivity contribution is -0.384. The van der Waals surface area contributed by atoms with E-state index in [2.05, 4.69) is 5.32 Å². The first-order valence-electron chi connectivity index (χ1n) is 8.15. The quantitative estimate of drug-likeness (QED) is 0.431. The minimum Gasteiger partial charge on any atom is -0.496 e. The first kappa shape index (κ1) is 19.9. The van der Waals surface area contributed by atoms with Crippen molar-refractivity contribution in [2.45, 2.75) is 19.8 Å². The van der Waals surface area contributed by atoms with Crippen molar-refractivity contribution >= 4 is 23.1 Å². The van der Waals surface area contributed by atoms with Crippen molar-refractivity contribution in [1.29, 1.82) is 0 Å². The van der Waals surface area contributed by atoms with Gasteiger partial charge in [0.25, 0.3) is 5.69 Å². The summed E-state index contributed by atoms with van der Waals surface area (Å²) >= 11 is 0. The Morgan fingerprint density at radius 1 is 1.04 bits per heavy atom. The zero-order chi connectivity index (χ0) is 20.0. The number of ether oxygens (including phenoxy) is 2. The molecule has 2 rings (SSSR count). The molecule has 27 heavy (non-hydrogen) atoms. The van der Waals surface area contributed by atoms with Gasteiger partial charge in [0.2, 0.25) is 5.91 Å². The molecule has 0 atom stereocenters. The molecule has 0 unspecified atom stereocenters. The normalized spacial score (nSPS) is 10.2. The molecular weight excluding hydrogens is 352 g/mol. The number of nitrogens with zero attached hydrogens (tertiary/aromatic N) is 1. The van der Waals surface area contributed by atoms with E-state index in [4.69, 9.17) is 9.47 Å².